The van der Waals surface area contributed by atoms with Crippen LogP contribution in [-0.4, -0.2) is 24.1 Å². The van der Waals surface area contributed by atoms with Crippen molar-refractivity contribution in [2.45, 2.75) is 0 Å². The molecule has 2 N–H and O–H groups in total. The predicted octanol–water partition coefficient (Wildman–Crippen LogP) is 3.42. The number of hydrogen-bond donors (Lipinski definition) is 2. The lowest BCUT2D eigenvalue weighted by Gasteiger charge is -2.11. The zero-order chi connectivity index (χ0) is 14.7. The summed E-state index contributed by atoms with van der Waals surface area (Å²) in [5.74, 6) is 2.18. The Bertz CT molecular complexity index is 756. The predicted molar refractivity (Wildman–Crippen MR) is 85.4 cm³/mol. The van der Waals surface area contributed by atoms with Crippen LogP contribution in [0.3, 0.4) is 0 Å². The quantitative estimate of drug-likeness (QED) is 0.766. The van der Waals surface area contributed by atoms with Crippen LogP contribution in [0.4, 0.5) is 17.5 Å². The SMILES string of the molecule is CNc1nc(Nc2ccc(OC)cc2)c2ccccc2n1. The van der Waals surface area contributed by atoms with Crippen molar-refractivity contribution in [3.8, 4) is 5.75 Å². The molecule has 106 valence electrons. The number of rotatable bonds is 4. The molecule has 3 rings (SSSR count). The lowest BCUT2D eigenvalue weighted by Crippen LogP contribution is -2.01. The number of hydrogen-bond acceptors (Lipinski definition) is 5. The van der Waals surface area contributed by atoms with Gasteiger partial charge in [0.1, 0.15) is 11.6 Å². The third kappa shape index (κ3) is 2.72. The normalized spacial score (nSPS) is 10.4. The molecule has 0 bridgehead atoms. The highest BCUT2D eigenvalue weighted by molar-refractivity contribution is 5.91. The van der Waals surface area contributed by atoms with Crippen LogP contribution in [0.2, 0.25) is 0 Å². The molecule has 5 nitrogen and oxygen atoms in total. The number of methoxy groups -OCH3 is 1. The molecule has 21 heavy (non-hydrogen) atoms. The first kappa shape index (κ1) is 13.2. The molecule has 3 aromatic rings. The van der Waals surface area contributed by atoms with Gasteiger partial charge in [0.05, 0.1) is 12.6 Å². The molecule has 2 aromatic carbocycles. The minimum Gasteiger partial charge on any atom is -0.497 e. The maximum Gasteiger partial charge on any atom is 0.224 e. The van der Waals surface area contributed by atoms with E-state index in [1.165, 1.54) is 0 Å². The van der Waals surface area contributed by atoms with Crippen molar-refractivity contribution in [3.63, 3.8) is 0 Å². The molecule has 1 aromatic heterocycles. The molecular formula is C16H16N4O. The molecule has 0 saturated carbocycles. The van der Waals surface area contributed by atoms with Crippen LogP contribution in [0.1, 0.15) is 0 Å². The highest BCUT2D eigenvalue weighted by Gasteiger charge is 2.07. The standard InChI is InChI=1S/C16H16N4O/c1-17-16-19-14-6-4-3-5-13(14)15(20-16)18-11-7-9-12(21-2)10-8-11/h3-10H,1-2H3,(H2,17,18,19,20). The van der Waals surface area contributed by atoms with Gasteiger partial charge >= 0.3 is 0 Å². The summed E-state index contributed by atoms with van der Waals surface area (Å²) < 4.78 is 5.16. The molecule has 0 aliphatic carbocycles. The summed E-state index contributed by atoms with van der Waals surface area (Å²) in [6.45, 7) is 0. The Kier molecular flexibility index (Phi) is 3.55. The molecule has 0 fully saturated rings. The number of nitrogens with zero attached hydrogens (tertiary/aromatic N) is 2. The van der Waals surface area contributed by atoms with Gasteiger partial charge in [-0.1, -0.05) is 12.1 Å². The average Bonchev–Trinajstić information content (AvgIpc) is 2.55. The van der Waals surface area contributed by atoms with Crippen molar-refractivity contribution in [1.29, 1.82) is 0 Å². The molecule has 0 amide bonds. The van der Waals surface area contributed by atoms with Gasteiger partial charge in [0, 0.05) is 18.1 Å². The Morgan fingerprint density at radius 1 is 0.952 bits per heavy atom. The summed E-state index contributed by atoms with van der Waals surface area (Å²) in [4.78, 5) is 8.93. The topological polar surface area (TPSA) is 59.1 Å². The van der Waals surface area contributed by atoms with Crippen LogP contribution in [0.5, 0.6) is 5.75 Å². The minimum absolute atomic E-state index is 0.588. The first-order valence-electron chi connectivity index (χ1n) is 6.66. The zero-order valence-electron chi connectivity index (χ0n) is 11.9. The number of ether oxygens (including phenoxy) is 1. The Morgan fingerprint density at radius 2 is 1.71 bits per heavy atom. The highest BCUT2D eigenvalue weighted by Crippen LogP contribution is 2.25. The van der Waals surface area contributed by atoms with Gasteiger partial charge in [-0.05, 0) is 36.4 Å². The maximum atomic E-state index is 5.16. The van der Waals surface area contributed by atoms with Crippen LogP contribution in [-0.2, 0) is 0 Å². The Morgan fingerprint density at radius 3 is 2.43 bits per heavy atom. The van der Waals surface area contributed by atoms with E-state index in [4.69, 9.17) is 4.74 Å². The van der Waals surface area contributed by atoms with Crippen molar-refractivity contribution in [1.82, 2.24) is 9.97 Å². The molecule has 0 spiro atoms. The number of para-hydroxylation sites is 1. The average molecular weight is 280 g/mol. The summed E-state index contributed by atoms with van der Waals surface area (Å²) in [7, 11) is 3.46. The lowest BCUT2D eigenvalue weighted by atomic mass is 10.2. The van der Waals surface area contributed by atoms with Crippen molar-refractivity contribution in [2.24, 2.45) is 0 Å². The van der Waals surface area contributed by atoms with Gasteiger partial charge in [-0.2, -0.15) is 4.98 Å². The molecule has 1 heterocycles. The van der Waals surface area contributed by atoms with Crippen molar-refractivity contribution in [2.75, 3.05) is 24.8 Å². The Hall–Kier alpha value is -2.82. The van der Waals surface area contributed by atoms with E-state index in [9.17, 15) is 0 Å². The lowest BCUT2D eigenvalue weighted by molar-refractivity contribution is 0.415. The van der Waals surface area contributed by atoms with Crippen LogP contribution in [0.15, 0.2) is 48.5 Å². The van der Waals surface area contributed by atoms with Gasteiger partial charge in [0.25, 0.3) is 0 Å². The maximum absolute atomic E-state index is 5.16. The zero-order valence-corrected chi connectivity index (χ0v) is 11.9. The van der Waals surface area contributed by atoms with E-state index in [0.29, 0.717) is 5.95 Å². The molecule has 0 atom stereocenters. The van der Waals surface area contributed by atoms with E-state index in [1.807, 2.05) is 48.5 Å². The molecule has 5 heteroatoms. The van der Waals surface area contributed by atoms with E-state index in [0.717, 1.165) is 28.2 Å². The van der Waals surface area contributed by atoms with Crippen LogP contribution in [0.25, 0.3) is 10.9 Å². The first-order chi connectivity index (χ1) is 10.3. The van der Waals surface area contributed by atoms with Crippen molar-refractivity contribution >= 4 is 28.4 Å². The fourth-order valence-electron chi connectivity index (χ4n) is 2.09. The van der Waals surface area contributed by atoms with Crippen LogP contribution < -0.4 is 15.4 Å². The van der Waals surface area contributed by atoms with Gasteiger partial charge in [-0.25, -0.2) is 4.98 Å². The first-order valence-corrected chi connectivity index (χ1v) is 6.66. The highest BCUT2D eigenvalue weighted by atomic mass is 16.5. The number of fused-ring (bicyclic) bond motifs is 1. The van der Waals surface area contributed by atoms with Gasteiger partial charge in [-0.3, -0.25) is 0 Å². The molecular weight excluding hydrogens is 264 g/mol. The third-order valence-electron chi connectivity index (χ3n) is 3.18. The van der Waals surface area contributed by atoms with E-state index in [1.54, 1.807) is 14.2 Å². The summed E-state index contributed by atoms with van der Waals surface area (Å²) in [6.07, 6.45) is 0. The number of aromatic nitrogens is 2. The van der Waals surface area contributed by atoms with E-state index in [-0.39, 0.29) is 0 Å². The number of benzene rings is 2. The molecule has 0 saturated heterocycles. The molecule has 0 aliphatic heterocycles. The number of anilines is 3. The molecule has 0 unspecified atom stereocenters. The Labute approximate surface area is 123 Å². The van der Waals surface area contributed by atoms with Gasteiger partial charge < -0.3 is 15.4 Å². The molecule has 0 aliphatic rings. The summed E-state index contributed by atoms with van der Waals surface area (Å²) in [5, 5.41) is 7.29. The summed E-state index contributed by atoms with van der Waals surface area (Å²) >= 11 is 0. The van der Waals surface area contributed by atoms with Crippen molar-refractivity contribution < 1.29 is 4.74 Å². The van der Waals surface area contributed by atoms with Crippen LogP contribution in [0, 0.1) is 0 Å². The smallest absolute Gasteiger partial charge is 0.224 e. The number of nitrogens with one attached hydrogen (secondary N) is 2. The summed E-state index contributed by atoms with van der Waals surface area (Å²) in [6, 6.07) is 15.6. The monoisotopic (exact) mass is 280 g/mol. The van der Waals surface area contributed by atoms with E-state index < -0.39 is 0 Å². The largest absolute Gasteiger partial charge is 0.497 e. The van der Waals surface area contributed by atoms with Crippen LogP contribution >= 0.6 is 0 Å². The summed E-state index contributed by atoms with van der Waals surface area (Å²) in [5.41, 5.74) is 1.84. The third-order valence-corrected chi connectivity index (χ3v) is 3.18. The Balaban J connectivity index is 2.01. The second-order valence-electron chi connectivity index (χ2n) is 4.52. The fourth-order valence-corrected chi connectivity index (χ4v) is 2.09. The minimum atomic E-state index is 0.588. The van der Waals surface area contributed by atoms with Gasteiger partial charge in [-0.15, -0.1) is 0 Å². The fraction of sp³-hybridized carbons (Fsp3) is 0.125. The second kappa shape index (κ2) is 5.66. The van der Waals surface area contributed by atoms with E-state index in [2.05, 4.69) is 20.6 Å². The van der Waals surface area contributed by atoms with Gasteiger partial charge in [0.15, 0.2) is 0 Å². The van der Waals surface area contributed by atoms with Crippen molar-refractivity contribution in [3.05, 3.63) is 48.5 Å². The van der Waals surface area contributed by atoms with Gasteiger partial charge in [0.2, 0.25) is 5.95 Å². The van der Waals surface area contributed by atoms with E-state index >= 15 is 0 Å². The second-order valence-corrected chi connectivity index (χ2v) is 4.52. The molecule has 0 radical (unpaired) electrons.